The van der Waals surface area contributed by atoms with Gasteiger partial charge in [0.15, 0.2) is 23.1 Å². The van der Waals surface area contributed by atoms with E-state index in [1.807, 2.05) is 53.4 Å². The number of hydrogen-bond donors (Lipinski definition) is 1. The van der Waals surface area contributed by atoms with Crippen molar-refractivity contribution in [1.29, 1.82) is 0 Å². The second-order valence-corrected chi connectivity index (χ2v) is 7.38. The fraction of sp³-hybridized carbons (Fsp3) is 0.250. The average molecular weight is 447 g/mol. The lowest BCUT2D eigenvalue weighted by atomic mass is 10.2. The van der Waals surface area contributed by atoms with Crippen LogP contribution in [-0.2, 0) is 4.79 Å². The number of anilines is 3. The van der Waals surface area contributed by atoms with E-state index in [2.05, 4.69) is 25.4 Å². The first-order valence-corrected chi connectivity index (χ1v) is 10.6. The Labute approximate surface area is 192 Å². The van der Waals surface area contributed by atoms with Gasteiger partial charge in [0.2, 0.25) is 5.91 Å². The lowest BCUT2D eigenvalue weighted by Crippen LogP contribution is -2.48. The van der Waals surface area contributed by atoms with Crippen molar-refractivity contribution in [2.45, 2.75) is 0 Å². The van der Waals surface area contributed by atoms with Crippen molar-refractivity contribution in [2.24, 2.45) is 0 Å². The molecule has 1 saturated heterocycles. The van der Waals surface area contributed by atoms with Crippen molar-refractivity contribution in [3.05, 3.63) is 66.4 Å². The van der Waals surface area contributed by atoms with Gasteiger partial charge in [-0.3, -0.25) is 4.79 Å². The number of hydrogen-bond acceptors (Lipinski definition) is 8. The number of pyridine rings is 1. The second kappa shape index (κ2) is 10.4. The minimum atomic E-state index is -0.0228. The number of nitrogens with one attached hydrogen (secondary N) is 1. The van der Waals surface area contributed by atoms with Gasteiger partial charge in [0.05, 0.1) is 14.2 Å². The third kappa shape index (κ3) is 5.57. The third-order valence-electron chi connectivity index (χ3n) is 5.31. The molecule has 0 bridgehead atoms. The number of carbonyl (C=O) groups is 1. The van der Waals surface area contributed by atoms with Crippen LogP contribution in [0.2, 0.25) is 0 Å². The molecule has 0 saturated carbocycles. The van der Waals surface area contributed by atoms with E-state index >= 15 is 0 Å². The Hall–Kier alpha value is -4.14. The normalized spacial score (nSPS) is 13.8. The van der Waals surface area contributed by atoms with E-state index in [0.717, 1.165) is 11.4 Å². The first-order valence-electron chi connectivity index (χ1n) is 10.6. The van der Waals surface area contributed by atoms with Crippen LogP contribution in [0.25, 0.3) is 6.08 Å². The van der Waals surface area contributed by atoms with E-state index in [0.29, 0.717) is 49.3 Å². The number of piperazine rings is 1. The van der Waals surface area contributed by atoms with Crippen LogP contribution >= 0.6 is 0 Å². The van der Waals surface area contributed by atoms with Gasteiger partial charge in [-0.15, -0.1) is 10.2 Å². The zero-order valence-electron chi connectivity index (χ0n) is 18.6. The molecule has 1 aliphatic rings. The maximum absolute atomic E-state index is 12.6. The van der Waals surface area contributed by atoms with Gasteiger partial charge in [-0.05, 0) is 48.0 Å². The van der Waals surface area contributed by atoms with E-state index in [-0.39, 0.29) is 5.91 Å². The van der Waals surface area contributed by atoms with Crippen molar-refractivity contribution in [2.75, 3.05) is 50.6 Å². The second-order valence-electron chi connectivity index (χ2n) is 7.38. The van der Waals surface area contributed by atoms with Crippen molar-refractivity contribution in [3.63, 3.8) is 0 Å². The summed E-state index contributed by atoms with van der Waals surface area (Å²) in [7, 11) is 3.18. The van der Waals surface area contributed by atoms with Gasteiger partial charge in [-0.1, -0.05) is 12.1 Å². The van der Waals surface area contributed by atoms with Crippen molar-refractivity contribution >= 4 is 29.4 Å². The highest BCUT2D eigenvalue weighted by Gasteiger charge is 2.21. The number of nitrogens with zero attached hydrogens (tertiary/aromatic N) is 5. The molecule has 2 aromatic heterocycles. The molecule has 1 N–H and O–H groups in total. The standard InChI is InChI=1S/C24H26N6O3/c1-32-19-8-6-18(17-20(19)33-2)7-11-24(31)30-15-13-29(14-16-30)23-10-9-22(27-28-23)26-21-5-3-4-12-25-21/h3-12,17H,13-16H2,1-2H3,(H,25,26,27). The van der Waals surface area contributed by atoms with E-state index in [9.17, 15) is 4.79 Å². The molecule has 33 heavy (non-hydrogen) atoms. The van der Waals surface area contributed by atoms with Gasteiger partial charge in [0.25, 0.3) is 0 Å². The summed E-state index contributed by atoms with van der Waals surface area (Å²) in [6, 6.07) is 15.0. The summed E-state index contributed by atoms with van der Waals surface area (Å²) in [5.41, 5.74) is 0.870. The molecule has 1 aliphatic heterocycles. The number of rotatable bonds is 7. The van der Waals surface area contributed by atoms with Crippen LogP contribution in [0, 0.1) is 0 Å². The molecular formula is C24H26N6O3. The lowest BCUT2D eigenvalue weighted by molar-refractivity contribution is -0.126. The van der Waals surface area contributed by atoms with Crippen LogP contribution in [0.1, 0.15) is 5.56 Å². The van der Waals surface area contributed by atoms with Crippen molar-refractivity contribution < 1.29 is 14.3 Å². The molecular weight excluding hydrogens is 420 g/mol. The molecule has 0 atom stereocenters. The van der Waals surface area contributed by atoms with E-state index in [1.165, 1.54) is 0 Å². The smallest absolute Gasteiger partial charge is 0.246 e. The van der Waals surface area contributed by atoms with E-state index in [4.69, 9.17) is 9.47 Å². The predicted molar refractivity (Wildman–Crippen MR) is 127 cm³/mol. The monoisotopic (exact) mass is 446 g/mol. The Morgan fingerprint density at radius 2 is 1.76 bits per heavy atom. The van der Waals surface area contributed by atoms with Gasteiger partial charge in [0.1, 0.15) is 5.82 Å². The number of amides is 1. The molecule has 9 nitrogen and oxygen atoms in total. The number of benzene rings is 1. The summed E-state index contributed by atoms with van der Waals surface area (Å²) >= 11 is 0. The van der Waals surface area contributed by atoms with Gasteiger partial charge in [-0.2, -0.15) is 0 Å². The summed E-state index contributed by atoms with van der Waals surface area (Å²) in [6.07, 6.45) is 5.10. The molecule has 9 heteroatoms. The minimum Gasteiger partial charge on any atom is -0.493 e. The van der Waals surface area contributed by atoms with Gasteiger partial charge in [-0.25, -0.2) is 4.98 Å². The molecule has 1 aromatic carbocycles. The quantitative estimate of drug-likeness (QED) is 0.554. The van der Waals surface area contributed by atoms with Crippen LogP contribution in [0.4, 0.5) is 17.5 Å². The van der Waals surface area contributed by atoms with Crippen LogP contribution in [0.3, 0.4) is 0 Å². The summed E-state index contributed by atoms with van der Waals surface area (Å²) in [5.74, 6) is 3.39. The first kappa shape index (κ1) is 22.1. The Balaban J connectivity index is 1.30. The summed E-state index contributed by atoms with van der Waals surface area (Å²) in [6.45, 7) is 2.62. The summed E-state index contributed by atoms with van der Waals surface area (Å²) in [5, 5.41) is 11.7. The molecule has 4 rings (SSSR count). The Morgan fingerprint density at radius 3 is 2.42 bits per heavy atom. The highest BCUT2D eigenvalue weighted by atomic mass is 16.5. The summed E-state index contributed by atoms with van der Waals surface area (Å²) < 4.78 is 10.6. The van der Waals surface area contributed by atoms with Gasteiger partial charge < -0.3 is 24.6 Å². The third-order valence-corrected chi connectivity index (χ3v) is 5.31. The van der Waals surface area contributed by atoms with Crippen molar-refractivity contribution in [3.8, 4) is 11.5 Å². The van der Waals surface area contributed by atoms with Crippen LogP contribution in [-0.4, -0.2) is 66.4 Å². The number of methoxy groups -OCH3 is 2. The maximum Gasteiger partial charge on any atom is 0.246 e. The zero-order valence-corrected chi connectivity index (χ0v) is 18.6. The fourth-order valence-corrected chi connectivity index (χ4v) is 3.51. The van der Waals surface area contributed by atoms with Crippen molar-refractivity contribution in [1.82, 2.24) is 20.1 Å². The molecule has 0 spiro atoms. The molecule has 0 aliphatic carbocycles. The highest BCUT2D eigenvalue weighted by Crippen LogP contribution is 2.28. The number of aromatic nitrogens is 3. The molecule has 3 aromatic rings. The van der Waals surface area contributed by atoms with E-state index in [1.54, 1.807) is 32.6 Å². The molecule has 0 unspecified atom stereocenters. The average Bonchev–Trinajstić information content (AvgIpc) is 2.88. The molecule has 0 radical (unpaired) electrons. The first-order chi connectivity index (χ1) is 16.2. The molecule has 1 fully saturated rings. The largest absolute Gasteiger partial charge is 0.493 e. The van der Waals surface area contributed by atoms with Crippen LogP contribution < -0.4 is 19.7 Å². The SMILES string of the molecule is COc1ccc(C=CC(=O)N2CCN(c3ccc(Nc4ccccn4)nn3)CC2)cc1OC. The number of ether oxygens (including phenoxy) is 2. The zero-order chi connectivity index (χ0) is 23.0. The maximum atomic E-state index is 12.6. The molecule has 1 amide bonds. The Morgan fingerprint density at radius 1 is 0.939 bits per heavy atom. The Bertz CT molecular complexity index is 1100. The van der Waals surface area contributed by atoms with Gasteiger partial charge in [0, 0.05) is 38.5 Å². The summed E-state index contributed by atoms with van der Waals surface area (Å²) in [4.78, 5) is 20.8. The Kier molecular flexibility index (Phi) is 6.99. The lowest BCUT2D eigenvalue weighted by Gasteiger charge is -2.34. The predicted octanol–water partition coefficient (Wildman–Crippen LogP) is 2.99. The van der Waals surface area contributed by atoms with Crippen LogP contribution in [0.15, 0.2) is 60.8 Å². The molecule has 170 valence electrons. The van der Waals surface area contributed by atoms with Gasteiger partial charge >= 0.3 is 0 Å². The molecule has 3 heterocycles. The van der Waals surface area contributed by atoms with Crippen LogP contribution in [0.5, 0.6) is 11.5 Å². The topological polar surface area (TPSA) is 92.7 Å². The highest BCUT2D eigenvalue weighted by molar-refractivity contribution is 5.92. The minimum absolute atomic E-state index is 0.0228. The number of carbonyl (C=O) groups excluding carboxylic acids is 1. The van der Waals surface area contributed by atoms with E-state index < -0.39 is 0 Å². The fourth-order valence-electron chi connectivity index (χ4n) is 3.51.